The van der Waals surface area contributed by atoms with Crippen LogP contribution in [0.1, 0.15) is 11.8 Å². The third-order valence-electron chi connectivity index (χ3n) is 2.28. The Balaban J connectivity index is 2.00. The van der Waals surface area contributed by atoms with E-state index in [1.165, 1.54) is 6.92 Å². The predicted octanol–water partition coefficient (Wildman–Crippen LogP) is 3.32. The van der Waals surface area contributed by atoms with Gasteiger partial charge in [0.2, 0.25) is 5.91 Å². The van der Waals surface area contributed by atoms with Gasteiger partial charge in [-0.3, -0.25) is 4.79 Å². The maximum Gasteiger partial charge on any atom is 0.221 e. The fourth-order valence-electron chi connectivity index (χ4n) is 1.52. The Kier molecular flexibility index (Phi) is 3.77. The zero-order valence-corrected chi connectivity index (χ0v) is 10.4. The molecule has 2 aromatic rings. The second-order valence-corrected chi connectivity index (χ2v) is 4.66. The molecule has 17 heavy (non-hydrogen) atoms. The Morgan fingerprint density at radius 3 is 2.71 bits per heavy atom. The SMILES string of the molecule is CC(=O)Nc1ccsc1CNc1ccccc1. The number of benzene rings is 1. The molecule has 0 bridgehead atoms. The average Bonchev–Trinajstić information content (AvgIpc) is 2.74. The number of hydrogen-bond donors (Lipinski definition) is 2. The Hall–Kier alpha value is -1.81. The highest BCUT2D eigenvalue weighted by Crippen LogP contribution is 2.23. The van der Waals surface area contributed by atoms with E-state index in [1.807, 2.05) is 41.8 Å². The smallest absolute Gasteiger partial charge is 0.221 e. The van der Waals surface area contributed by atoms with Gasteiger partial charge in [-0.2, -0.15) is 0 Å². The van der Waals surface area contributed by atoms with Crippen molar-refractivity contribution in [2.24, 2.45) is 0 Å². The molecule has 0 aliphatic heterocycles. The average molecular weight is 246 g/mol. The Bertz CT molecular complexity index is 493. The lowest BCUT2D eigenvalue weighted by Gasteiger charge is -2.07. The number of thiophene rings is 1. The topological polar surface area (TPSA) is 41.1 Å². The van der Waals surface area contributed by atoms with Crippen LogP contribution >= 0.6 is 11.3 Å². The van der Waals surface area contributed by atoms with Crippen molar-refractivity contribution in [3.05, 3.63) is 46.7 Å². The van der Waals surface area contributed by atoms with Crippen LogP contribution < -0.4 is 10.6 Å². The van der Waals surface area contributed by atoms with E-state index in [0.29, 0.717) is 0 Å². The lowest BCUT2D eigenvalue weighted by molar-refractivity contribution is -0.114. The molecule has 88 valence electrons. The summed E-state index contributed by atoms with van der Waals surface area (Å²) in [6.45, 7) is 2.24. The summed E-state index contributed by atoms with van der Waals surface area (Å²) in [6.07, 6.45) is 0. The van der Waals surface area contributed by atoms with E-state index >= 15 is 0 Å². The first-order chi connectivity index (χ1) is 8.25. The summed E-state index contributed by atoms with van der Waals surface area (Å²) in [5.74, 6) is -0.0376. The van der Waals surface area contributed by atoms with Gasteiger partial charge in [0.1, 0.15) is 0 Å². The molecule has 1 aromatic heterocycles. The quantitative estimate of drug-likeness (QED) is 0.869. The number of nitrogens with one attached hydrogen (secondary N) is 2. The van der Waals surface area contributed by atoms with Crippen LogP contribution in [0.15, 0.2) is 41.8 Å². The van der Waals surface area contributed by atoms with Gasteiger partial charge < -0.3 is 10.6 Å². The van der Waals surface area contributed by atoms with Crippen LogP contribution in [0.25, 0.3) is 0 Å². The number of carbonyl (C=O) groups excluding carboxylic acids is 1. The summed E-state index contributed by atoms with van der Waals surface area (Å²) >= 11 is 1.63. The zero-order chi connectivity index (χ0) is 12.1. The van der Waals surface area contributed by atoms with Gasteiger partial charge in [0.15, 0.2) is 0 Å². The number of rotatable bonds is 4. The van der Waals surface area contributed by atoms with Gasteiger partial charge in [-0.25, -0.2) is 0 Å². The third-order valence-corrected chi connectivity index (χ3v) is 3.20. The van der Waals surface area contributed by atoms with Crippen LogP contribution in [-0.2, 0) is 11.3 Å². The summed E-state index contributed by atoms with van der Waals surface area (Å²) in [5.41, 5.74) is 1.97. The van der Waals surface area contributed by atoms with Crippen molar-refractivity contribution in [3.63, 3.8) is 0 Å². The largest absolute Gasteiger partial charge is 0.380 e. The molecule has 0 aliphatic rings. The number of anilines is 2. The highest BCUT2D eigenvalue weighted by molar-refractivity contribution is 7.10. The van der Waals surface area contributed by atoms with Crippen LogP contribution in [0, 0.1) is 0 Å². The first-order valence-electron chi connectivity index (χ1n) is 5.38. The Labute approximate surface area is 104 Å². The minimum Gasteiger partial charge on any atom is -0.380 e. The van der Waals surface area contributed by atoms with Crippen LogP contribution in [0.3, 0.4) is 0 Å². The molecule has 1 aromatic carbocycles. The van der Waals surface area contributed by atoms with Crippen LogP contribution in [0.5, 0.6) is 0 Å². The molecule has 1 heterocycles. The molecule has 0 saturated heterocycles. The van der Waals surface area contributed by atoms with Crippen molar-refractivity contribution in [1.82, 2.24) is 0 Å². The van der Waals surface area contributed by atoms with Crippen LogP contribution in [0.2, 0.25) is 0 Å². The minimum atomic E-state index is -0.0376. The van der Waals surface area contributed by atoms with E-state index in [2.05, 4.69) is 10.6 Å². The highest BCUT2D eigenvalue weighted by atomic mass is 32.1. The number of hydrogen-bond acceptors (Lipinski definition) is 3. The van der Waals surface area contributed by atoms with Crippen molar-refractivity contribution in [2.75, 3.05) is 10.6 Å². The summed E-state index contributed by atoms with van der Waals surface area (Å²) < 4.78 is 0. The zero-order valence-electron chi connectivity index (χ0n) is 9.57. The van der Waals surface area contributed by atoms with E-state index in [-0.39, 0.29) is 5.91 Å². The number of para-hydroxylation sites is 1. The van der Waals surface area contributed by atoms with Gasteiger partial charge in [0.25, 0.3) is 0 Å². The molecule has 0 spiro atoms. The first kappa shape index (κ1) is 11.7. The maximum atomic E-state index is 11.0. The molecule has 2 N–H and O–H groups in total. The molecule has 4 heteroatoms. The minimum absolute atomic E-state index is 0.0376. The molecule has 0 atom stereocenters. The lowest BCUT2D eigenvalue weighted by atomic mass is 10.3. The first-order valence-corrected chi connectivity index (χ1v) is 6.26. The van der Waals surface area contributed by atoms with E-state index in [4.69, 9.17) is 0 Å². The molecule has 0 unspecified atom stereocenters. The van der Waals surface area contributed by atoms with E-state index in [9.17, 15) is 4.79 Å². The van der Waals surface area contributed by atoms with E-state index < -0.39 is 0 Å². The predicted molar refractivity (Wildman–Crippen MR) is 72.4 cm³/mol. The second kappa shape index (κ2) is 5.50. The van der Waals surface area contributed by atoms with Gasteiger partial charge in [-0.05, 0) is 23.6 Å². The van der Waals surface area contributed by atoms with Gasteiger partial charge >= 0.3 is 0 Å². The summed E-state index contributed by atoms with van der Waals surface area (Å²) in [6, 6.07) is 11.9. The van der Waals surface area contributed by atoms with E-state index in [0.717, 1.165) is 22.8 Å². The Morgan fingerprint density at radius 1 is 1.24 bits per heavy atom. The molecule has 0 aliphatic carbocycles. The number of carbonyl (C=O) groups is 1. The van der Waals surface area contributed by atoms with Crippen molar-refractivity contribution < 1.29 is 4.79 Å². The Morgan fingerprint density at radius 2 is 2.00 bits per heavy atom. The summed E-state index contributed by atoms with van der Waals surface area (Å²) in [5, 5.41) is 8.12. The van der Waals surface area contributed by atoms with Crippen molar-refractivity contribution in [2.45, 2.75) is 13.5 Å². The number of amides is 1. The molecule has 3 nitrogen and oxygen atoms in total. The van der Waals surface area contributed by atoms with Gasteiger partial charge in [-0.15, -0.1) is 11.3 Å². The lowest BCUT2D eigenvalue weighted by Crippen LogP contribution is -2.08. The van der Waals surface area contributed by atoms with Crippen LogP contribution in [-0.4, -0.2) is 5.91 Å². The fraction of sp³-hybridized carbons (Fsp3) is 0.154. The summed E-state index contributed by atoms with van der Waals surface area (Å²) in [4.78, 5) is 12.1. The molecule has 1 amide bonds. The molecule has 2 rings (SSSR count). The molecule has 0 radical (unpaired) electrons. The fourth-order valence-corrected chi connectivity index (χ4v) is 2.29. The standard InChI is InChI=1S/C13H14N2OS/c1-10(16)15-12-7-8-17-13(12)9-14-11-5-3-2-4-6-11/h2-8,14H,9H2,1H3,(H,15,16). The van der Waals surface area contributed by atoms with Gasteiger partial charge in [-0.1, -0.05) is 18.2 Å². The summed E-state index contributed by atoms with van der Waals surface area (Å²) in [7, 11) is 0. The maximum absolute atomic E-state index is 11.0. The van der Waals surface area contributed by atoms with Crippen LogP contribution in [0.4, 0.5) is 11.4 Å². The van der Waals surface area contributed by atoms with Gasteiger partial charge in [0.05, 0.1) is 12.2 Å². The van der Waals surface area contributed by atoms with Crippen molar-refractivity contribution in [3.8, 4) is 0 Å². The normalized spacial score (nSPS) is 9.94. The molecule has 0 saturated carbocycles. The van der Waals surface area contributed by atoms with Gasteiger partial charge in [0, 0.05) is 17.5 Å². The van der Waals surface area contributed by atoms with Crippen molar-refractivity contribution in [1.29, 1.82) is 0 Å². The van der Waals surface area contributed by atoms with E-state index in [1.54, 1.807) is 11.3 Å². The van der Waals surface area contributed by atoms with Crippen molar-refractivity contribution >= 4 is 28.6 Å². The monoisotopic (exact) mass is 246 g/mol. The third kappa shape index (κ3) is 3.32. The molecular weight excluding hydrogens is 232 g/mol. The highest BCUT2D eigenvalue weighted by Gasteiger charge is 2.05. The molecule has 0 fully saturated rings. The molecular formula is C13H14N2OS. The second-order valence-electron chi connectivity index (χ2n) is 3.66.